The maximum Gasteiger partial charge on any atom is 0.303 e. The molecule has 1 fully saturated rings. The van der Waals surface area contributed by atoms with Gasteiger partial charge in [0.25, 0.3) is 5.91 Å². The number of carbonyl (C=O) groups excluding carboxylic acids is 5. The van der Waals surface area contributed by atoms with Crippen LogP contribution in [0.25, 0.3) is 0 Å². The predicted octanol–water partition coefficient (Wildman–Crippen LogP) is 0.133. The number of primary amides is 1. The quantitative estimate of drug-likeness (QED) is 0.273. The summed E-state index contributed by atoms with van der Waals surface area (Å²) in [6.07, 6.45) is -6.68. The van der Waals surface area contributed by atoms with Crippen LogP contribution in [0.2, 0.25) is 0 Å². The molecule has 14 heteroatoms. The molecule has 1 aliphatic rings. The lowest BCUT2D eigenvalue weighted by Gasteiger charge is -2.44. The molecule has 2 N–H and O–H groups in total. The van der Waals surface area contributed by atoms with Gasteiger partial charge in [0.05, 0.1) is 5.69 Å². The molecule has 0 aliphatic carbocycles. The van der Waals surface area contributed by atoms with Crippen molar-refractivity contribution in [2.24, 2.45) is 5.73 Å². The van der Waals surface area contributed by atoms with E-state index in [0.29, 0.717) is 5.69 Å². The van der Waals surface area contributed by atoms with Crippen molar-refractivity contribution in [2.45, 2.75) is 63.7 Å². The molecular formula is C19H24BrN3O10. The zero-order valence-corrected chi connectivity index (χ0v) is 19.9. The molecule has 0 saturated carbocycles. The highest BCUT2D eigenvalue weighted by Crippen LogP contribution is 2.35. The van der Waals surface area contributed by atoms with Crippen LogP contribution < -0.4 is 5.73 Å². The van der Waals surface area contributed by atoms with Gasteiger partial charge in [-0.15, -0.1) is 0 Å². The third-order valence-electron chi connectivity index (χ3n) is 4.38. The monoisotopic (exact) mass is 533 g/mol. The third kappa shape index (κ3) is 6.74. The van der Waals surface area contributed by atoms with Crippen molar-refractivity contribution in [3.8, 4) is 0 Å². The van der Waals surface area contributed by atoms with E-state index in [1.165, 1.54) is 6.07 Å². The van der Waals surface area contributed by atoms with Gasteiger partial charge < -0.3 is 29.4 Å². The highest BCUT2D eigenvalue weighted by Gasteiger charge is 2.53. The van der Waals surface area contributed by atoms with E-state index < -0.39 is 67.0 Å². The summed E-state index contributed by atoms with van der Waals surface area (Å²) in [6, 6.07) is 1.39. The zero-order chi connectivity index (χ0) is 24.9. The number of esters is 4. The topological polar surface area (TPSA) is 175 Å². The van der Waals surface area contributed by atoms with Gasteiger partial charge in [0.1, 0.15) is 18.4 Å². The molecule has 0 unspecified atom stereocenters. The Hall–Kier alpha value is -3.00. The highest BCUT2D eigenvalue weighted by atomic mass is 79.9. The van der Waals surface area contributed by atoms with Gasteiger partial charge in [-0.1, -0.05) is 15.9 Å². The van der Waals surface area contributed by atoms with Crippen LogP contribution in [0.15, 0.2) is 6.07 Å². The second-order valence-electron chi connectivity index (χ2n) is 7.05. The lowest BCUT2D eigenvalue weighted by atomic mass is 9.97. The molecule has 0 aromatic carbocycles. The number of nitrogens with zero attached hydrogens (tertiary/aromatic N) is 2. The first-order chi connectivity index (χ1) is 15.4. The maximum atomic E-state index is 12.0. The summed E-state index contributed by atoms with van der Waals surface area (Å²) in [7, 11) is 0. The Labute approximate surface area is 196 Å². The number of nitrogens with two attached hydrogens (primary N) is 1. The number of alkyl halides is 1. The first-order valence-corrected chi connectivity index (χ1v) is 10.8. The Bertz CT molecular complexity index is 933. The minimum atomic E-state index is -1.41. The molecule has 13 nitrogen and oxygen atoms in total. The van der Waals surface area contributed by atoms with Crippen molar-refractivity contribution in [1.82, 2.24) is 9.78 Å². The highest BCUT2D eigenvalue weighted by molar-refractivity contribution is 9.08. The molecule has 5 atom stereocenters. The molecule has 1 aliphatic heterocycles. The van der Waals surface area contributed by atoms with Crippen molar-refractivity contribution < 1.29 is 47.7 Å². The van der Waals surface area contributed by atoms with Crippen molar-refractivity contribution in [3.63, 3.8) is 0 Å². The van der Waals surface area contributed by atoms with Crippen molar-refractivity contribution in [3.05, 3.63) is 17.5 Å². The molecule has 1 saturated heterocycles. The Kier molecular flexibility index (Phi) is 8.93. The second kappa shape index (κ2) is 11.2. The third-order valence-corrected chi connectivity index (χ3v) is 4.96. The van der Waals surface area contributed by atoms with Crippen LogP contribution in [0, 0.1) is 0 Å². The number of amides is 1. The van der Waals surface area contributed by atoms with Crippen LogP contribution in [0.5, 0.6) is 0 Å². The molecule has 33 heavy (non-hydrogen) atoms. The van der Waals surface area contributed by atoms with E-state index in [0.717, 1.165) is 32.4 Å². The van der Waals surface area contributed by atoms with Gasteiger partial charge in [-0.3, -0.25) is 24.0 Å². The van der Waals surface area contributed by atoms with E-state index in [1.807, 2.05) is 0 Å². The van der Waals surface area contributed by atoms with Gasteiger partial charge in [0, 0.05) is 33.0 Å². The molecule has 1 aromatic heterocycles. The first kappa shape index (κ1) is 26.3. The molecular weight excluding hydrogens is 510 g/mol. The largest absolute Gasteiger partial charge is 0.463 e. The molecule has 182 valence electrons. The lowest BCUT2D eigenvalue weighted by molar-refractivity contribution is -0.270. The van der Waals surface area contributed by atoms with Gasteiger partial charge in [0.2, 0.25) is 0 Å². The Balaban J connectivity index is 2.65. The number of hydrogen-bond acceptors (Lipinski definition) is 11. The molecule has 1 aromatic rings. The fraction of sp³-hybridized carbons (Fsp3) is 0.579. The van der Waals surface area contributed by atoms with Gasteiger partial charge >= 0.3 is 23.9 Å². The summed E-state index contributed by atoms with van der Waals surface area (Å²) in [5.41, 5.74) is 5.78. The molecule has 0 bridgehead atoms. The van der Waals surface area contributed by atoms with Crippen molar-refractivity contribution >= 4 is 45.7 Å². The smallest absolute Gasteiger partial charge is 0.303 e. The Morgan fingerprint density at radius 2 is 1.52 bits per heavy atom. The van der Waals surface area contributed by atoms with E-state index in [-0.39, 0.29) is 11.0 Å². The van der Waals surface area contributed by atoms with E-state index in [1.54, 1.807) is 0 Å². The van der Waals surface area contributed by atoms with E-state index >= 15 is 0 Å². The minimum absolute atomic E-state index is 0.0923. The zero-order valence-electron chi connectivity index (χ0n) is 18.3. The minimum Gasteiger partial charge on any atom is -0.463 e. The second-order valence-corrected chi connectivity index (χ2v) is 7.61. The van der Waals surface area contributed by atoms with Gasteiger partial charge in [0.15, 0.2) is 24.5 Å². The number of hydrogen-bond donors (Lipinski definition) is 1. The molecule has 2 rings (SSSR count). The van der Waals surface area contributed by atoms with Crippen LogP contribution in [-0.2, 0) is 48.2 Å². The average molecular weight is 534 g/mol. The Morgan fingerprint density at radius 3 is 2.00 bits per heavy atom. The summed E-state index contributed by atoms with van der Waals surface area (Å²) in [4.78, 5) is 59.0. The number of ether oxygens (including phenoxy) is 5. The fourth-order valence-electron chi connectivity index (χ4n) is 3.29. The summed E-state index contributed by atoms with van der Waals surface area (Å²) >= 11 is 3.23. The standard InChI is InChI=1S/C19H24BrN3O10/c1-8(24)29-7-14-15(30-9(2)25)16(31-10(3)26)17(32-11(4)27)19(33-14)23-13(18(21)28)5-12(6-20)22-23/h5,14-17,19H,6-7H2,1-4H3,(H2,21,28)/t14-,15-,16+,17-,19-/m1/s1. The van der Waals surface area contributed by atoms with Crippen molar-refractivity contribution in [2.75, 3.05) is 6.61 Å². The maximum absolute atomic E-state index is 12.0. The van der Waals surface area contributed by atoms with E-state index in [4.69, 9.17) is 29.4 Å². The summed E-state index contributed by atoms with van der Waals surface area (Å²) in [5, 5.41) is 4.51. The van der Waals surface area contributed by atoms with Crippen LogP contribution in [0.4, 0.5) is 0 Å². The molecule has 1 amide bonds. The fourth-order valence-corrected chi connectivity index (χ4v) is 3.56. The summed E-state index contributed by atoms with van der Waals surface area (Å²) in [5.74, 6) is -3.83. The van der Waals surface area contributed by atoms with Gasteiger partial charge in [-0.05, 0) is 6.07 Å². The molecule has 2 heterocycles. The van der Waals surface area contributed by atoms with E-state index in [9.17, 15) is 24.0 Å². The van der Waals surface area contributed by atoms with Gasteiger partial charge in [-0.25, -0.2) is 4.68 Å². The van der Waals surface area contributed by atoms with Gasteiger partial charge in [-0.2, -0.15) is 5.10 Å². The number of aromatic nitrogens is 2. The van der Waals surface area contributed by atoms with Crippen LogP contribution >= 0.6 is 15.9 Å². The molecule has 0 radical (unpaired) electrons. The molecule has 0 spiro atoms. The van der Waals surface area contributed by atoms with E-state index in [2.05, 4.69) is 21.0 Å². The number of rotatable bonds is 8. The predicted molar refractivity (Wildman–Crippen MR) is 111 cm³/mol. The van der Waals surface area contributed by atoms with Crippen molar-refractivity contribution in [1.29, 1.82) is 0 Å². The average Bonchev–Trinajstić information content (AvgIpc) is 3.13. The SMILES string of the molecule is CC(=O)OC[C@H]1O[C@@H](n2nc(CBr)cc2C(N)=O)[C@H](OC(C)=O)[C@@H](OC(C)=O)[C@@H]1OC(C)=O. The summed E-state index contributed by atoms with van der Waals surface area (Å²) in [6.45, 7) is 4.07. The number of halogens is 1. The lowest BCUT2D eigenvalue weighted by Crippen LogP contribution is -2.61. The van der Waals surface area contributed by atoms with Crippen LogP contribution in [0.1, 0.15) is 50.1 Å². The first-order valence-electron chi connectivity index (χ1n) is 9.69. The number of carbonyl (C=O) groups is 5. The van der Waals surface area contributed by atoms with Crippen LogP contribution in [-0.4, -0.2) is 70.6 Å². The van der Waals surface area contributed by atoms with Crippen LogP contribution in [0.3, 0.4) is 0 Å². The summed E-state index contributed by atoms with van der Waals surface area (Å²) < 4.78 is 28.1. The Morgan fingerprint density at radius 1 is 0.970 bits per heavy atom. The normalized spacial score (nSPS) is 24.5.